The molecule has 3 aliphatic rings. The number of rotatable bonds is 5. The van der Waals surface area contributed by atoms with Gasteiger partial charge in [-0.15, -0.1) is 0 Å². The summed E-state index contributed by atoms with van der Waals surface area (Å²) in [5.41, 5.74) is 0. The van der Waals surface area contributed by atoms with E-state index < -0.39 is 0 Å². The van der Waals surface area contributed by atoms with Gasteiger partial charge in [-0.05, 0) is 50.3 Å². The molecule has 4 nitrogen and oxygen atoms in total. The SMILES string of the molecule is CN=C(NCC1CCN(C2CC2)C1)NCC1CCCS1. The van der Waals surface area contributed by atoms with Crippen LogP contribution in [0.15, 0.2) is 4.99 Å². The van der Waals surface area contributed by atoms with Gasteiger partial charge in [0.2, 0.25) is 0 Å². The second-order valence-electron chi connectivity index (χ2n) is 6.35. The van der Waals surface area contributed by atoms with Crippen LogP contribution in [-0.4, -0.2) is 61.1 Å². The van der Waals surface area contributed by atoms with Crippen LogP contribution in [0.25, 0.3) is 0 Å². The van der Waals surface area contributed by atoms with Crippen LogP contribution in [0.4, 0.5) is 0 Å². The molecule has 0 radical (unpaired) electrons. The van der Waals surface area contributed by atoms with Gasteiger partial charge in [0.15, 0.2) is 5.96 Å². The molecule has 2 unspecified atom stereocenters. The molecule has 2 aliphatic heterocycles. The van der Waals surface area contributed by atoms with Crippen molar-refractivity contribution >= 4 is 17.7 Å². The number of likely N-dealkylation sites (tertiary alicyclic amines) is 1. The van der Waals surface area contributed by atoms with E-state index in [1.54, 1.807) is 0 Å². The van der Waals surface area contributed by atoms with E-state index in [2.05, 4.69) is 32.3 Å². The summed E-state index contributed by atoms with van der Waals surface area (Å²) in [4.78, 5) is 7.03. The summed E-state index contributed by atoms with van der Waals surface area (Å²) in [6, 6.07) is 0.928. The Bertz CT molecular complexity index is 337. The van der Waals surface area contributed by atoms with E-state index in [9.17, 15) is 0 Å². The fraction of sp³-hybridized carbons (Fsp3) is 0.933. The number of aliphatic imine (C=N–C) groups is 1. The topological polar surface area (TPSA) is 39.7 Å². The first kappa shape index (κ1) is 14.5. The summed E-state index contributed by atoms with van der Waals surface area (Å²) in [6.07, 6.45) is 6.94. The average Bonchev–Trinajstić information content (AvgIpc) is 3.01. The molecule has 0 spiro atoms. The lowest BCUT2D eigenvalue weighted by atomic mass is 10.1. The van der Waals surface area contributed by atoms with Crippen LogP contribution in [-0.2, 0) is 0 Å². The van der Waals surface area contributed by atoms with Crippen molar-refractivity contribution in [3.8, 4) is 0 Å². The van der Waals surface area contributed by atoms with Crippen molar-refractivity contribution in [2.75, 3.05) is 39.0 Å². The third-order valence-electron chi connectivity index (χ3n) is 4.68. The highest BCUT2D eigenvalue weighted by Crippen LogP contribution is 2.31. The lowest BCUT2D eigenvalue weighted by Crippen LogP contribution is -2.42. The molecule has 1 aliphatic carbocycles. The fourth-order valence-corrected chi connectivity index (χ4v) is 4.48. The monoisotopic (exact) mass is 296 g/mol. The van der Waals surface area contributed by atoms with Crippen LogP contribution >= 0.6 is 11.8 Å². The standard InChI is InChI=1S/C15H28N4S/c1-16-15(18-10-14-3-2-8-20-14)17-9-12-6-7-19(11-12)13-4-5-13/h12-14H,2-11H2,1H3,(H2,16,17,18). The molecule has 114 valence electrons. The number of hydrogen-bond acceptors (Lipinski definition) is 3. The molecule has 3 fully saturated rings. The predicted molar refractivity (Wildman–Crippen MR) is 87.5 cm³/mol. The lowest BCUT2D eigenvalue weighted by Gasteiger charge is -2.18. The number of nitrogens with zero attached hydrogens (tertiary/aromatic N) is 2. The zero-order chi connectivity index (χ0) is 13.8. The van der Waals surface area contributed by atoms with Crippen molar-refractivity contribution in [1.82, 2.24) is 15.5 Å². The predicted octanol–water partition coefficient (Wildman–Crippen LogP) is 1.53. The van der Waals surface area contributed by atoms with Crippen molar-refractivity contribution in [1.29, 1.82) is 0 Å². The molecule has 0 aromatic carbocycles. The number of nitrogens with one attached hydrogen (secondary N) is 2. The van der Waals surface area contributed by atoms with E-state index in [-0.39, 0.29) is 0 Å². The van der Waals surface area contributed by atoms with Crippen LogP contribution < -0.4 is 10.6 Å². The highest BCUT2D eigenvalue weighted by Gasteiger charge is 2.34. The summed E-state index contributed by atoms with van der Waals surface area (Å²) in [7, 11) is 1.88. The van der Waals surface area contributed by atoms with Gasteiger partial charge in [0, 0.05) is 38.0 Å². The highest BCUT2D eigenvalue weighted by molar-refractivity contribution is 8.00. The Morgan fingerprint density at radius 2 is 2.05 bits per heavy atom. The molecule has 2 heterocycles. The molecule has 20 heavy (non-hydrogen) atoms. The van der Waals surface area contributed by atoms with Crippen molar-refractivity contribution in [2.45, 2.75) is 43.4 Å². The molecule has 3 rings (SSSR count). The maximum atomic E-state index is 4.35. The Hall–Kier alpha value is -0.420. The minimum absolute atomic E-state index is 0.783. The molecule has 0 amide bonds. The van der Waals surface area contributed by atoms with Crippen molar-refractivity contribution < 1.29 is 0 Å². The second kappa shape index (κ2) is 7.03. The van der Waals surface area contributed by atoms with Gasteiger partial charge in [-0.1, -0.05) is 0 Å². The van der Waals surface area contributed by atoms with E-state index in [0.717, 1.165) is 36.3 Å². The van der Waals surface area contributed by atoms with Crippen LogP contribution in [0.1, 0.15) is 32.1 Å². The molecule has 2 saturated heterocycles. The summed E-state index contributed by atoms with van der Waals surface area (Å²) >= 11 is 2.10. The van der Waals surface area contributed by atoms with Gasteiger partial charge < -0.3 is 15.5 Å². The summed E-state index contributed by atoms with van der Waals surface area (Å²) in [5.74, 6) is 3.12. The first-order valence-corrected chi connectivity index (χ1v) is 9.20. The molecule has 1 saturated carbocycles. The quantitative estimate of drug-likeness (QED) is 0.596. The smallest absolute Gasteiger partial charge is 0.191 e. The largest absolute Gasteiger partial charge is 0.356 e. The van der Waals surface area contributed by atoms with Gasteiger partial charge in [0.1, 0.15) is 0 Å². The average molecular weight is 296 g/mol. The summed E-state index contributed by atoms with van der Waals surface area (Å²) < 4.78 is 0. The van der Waals surface area contributed by atoms with Crippen LogP contribution in [0.3, 0.4) is 0 Å². The molecule has 2 atom stereocenters. The maximum absolute atomic E-state index is 4.35. The Labute approximate surface area is 127 Å². The molecule has 5 heteroatoms. The van der Waals surface area contributed by atoms with Gasteiger partial charge in [0.25, 0.3) is 0 Å². The first-order chi connectivity index (χ1) is 9.85. The van der Waals surface area contributed by atoms with Gasteiger partial charge in [-0.2, -0.15) is 11.8 Å². The molecule has 0 aromatic heterocycles. The zero-order valence-corrected chi connectivity index (χ0v) is 13.4. The number of guanidine groups is 1. The van der Waals surface area contributed by atoms with Crippen molar-refractivity contribution in [3.63, 3.8) is 0 Å². The fourth-order valence-electron chi connectivity index (χ4n) is 3.28. The van der Waals surface area contributed by atoms with Gasteiger partial charge in [-0.25, -0.2) is 0 Å². The van der Waals surface area contributed by atoms with E-state index in [0.29, 0.717) is 0 Å². The summed E-state index contributed by atoms with van der Waals surface area (Å²) in [5, 5.41) is 7.79. The Morgan fingerprint density at radius 3 is 2.75 bits per heavy atom. The van der Waals surface area contributed by atoms with E-state index in [1.807, 2.05) is 7.05 Å². The Balaban J connectivity index is 1.33. The normalized spacial score (nSPS) is 31.8. The van der Waals surface area contributed by atoms with Crippen molar-refractivity contribution in [2.24, 2.45) is 10.9 Å². The highest BCUT2D eigenvalue weighted by atomic mass is 32.2. The van der Waals surface area contributed by atoms with E-state index in [4.69, 9.17) is 0 Å². The molecular weight excluding hydrogens is 268 g/mol. The van der Waals surface area contributed by atoms with Crippen molar-refractivity contribution in [3.05, 3.63) is 0 Å². The van der Waals surface area contributed by atoms with E-state index in [1.165, 1.54) is 50.9 Å². The van der Waals surface area contributed by atoms with Gasteiger partial charge >= 0.3 is 0 Å². The van der Waals surface area contributed by atoms with E-state index >= 15 is 0 Å². The van der Waals surface area contributed by atoms with Crippen LogP contribution in [0.5, 0.6) is 0 Å². The molecule has 0 bridgehead atoms. The third kappa shape index (κ3) is 4.04. The zero-order valence-electron chi connectivity index (χ0n) is 12.6. The van der Waals surface area contributed by atoms with Gasteiger partial charge in [-0.3, -0.25) is 4.99 Å². The molecular formula is C15H28N4S. The molecule has 2 N–H and O–H groups in total. The Morgan fingerprint density at radius 1 is 1.20 bits per heavy atom. The van der Waals surface area contributed by atoms with Crippen LogP contribution in [0.2, 0.25) is 0 Å². The first-order valence-electron chi connectivity index (χ1n) is 8.15. The lowest BCUT2D eigenvalue weighted by molar-refractivity contribution is 0.314. The Kier molecular flexibility index (Phi) is 5.10. The number of thioether (sulfide) groups is 1. The minimum atomic E-state index is 0.783. The van der Waals surface area contributed by atoms with Gasteiger partial charge in [0.05, 0.1) is 0 Å². The van der Waals surface area contributed by atoms with Crippen LogP contribution in [0, 0.1) is 5.92 Å². The second-order valence-corrected chi connectivity index (χ2v) is 7.76. The summed E-state index contributed by atoms with van der Waals surface area (Å²) in [6.45, 7) is 4.72. The third-order valence-corrected chi connectivity index (χ3v) is 6.08. The molecule has 0 aromatic rings. The maximum Gasteiger partial charge on any atom is 0.191 e. The minimum Gasteiger partial charge on any atom is -0.356 e. The number of hydrogen-bond donors (Lipinski definition) is 2.